The fraction of sp³-hybridized carbons (Fsp3) is 0.400. The fourth-order valence-corrected chi connectivity index (χ4v) is 1.59. The monoisotopic (exact) mass is 259 g/mol. The normalized spacial score (nSPS) is 9.89. The molecule has 0 unspecified atom stereocenters. The van der Waals surface area contributed by atoms with E-state index in [4.69, 9.17) is 5.73 Å². The molecule has 0 spiro atoms. The Morgan fingerprint density at radius 2 is 2.21 bits per heavy atom. The highest BCUT2D eigenvalue weighted by atomic mass is 16.1. The van der Waals surface area contributed by atoms with Crippen LogP contribution in [-0.4, -0.2) is 44.5 Å². The van der Waals surface area contributed by atoms with Crippen molar-refractivity contribution in [3.63, 3.8) is 0 Å². The van der Waals surface area contributed by atoms with Gasteiger partial charge in [-0.2, -0.15) is 0 Å². The summed E-state index contributed by atoms with van der Waals surface area (Å²) in [5, 5.41) is 2.90. The molecule has 102 valence electrons. The third-order valence-corrected chi connectivity index (χ3v) is 2.53. The quantitative estimate of drug-likeness (QED) is 0.604. The Kier molecular flexibility index (Phi) is 6.65. The highest BCUT2D eigenvalue weighted by Crippen LogP contribution is 2.04. The van der Waals surface area contributed by atoms with Crippen LogP contribution >= 0.6 is 0 Å². The molecule has 0 aromatic heterocycles. The largest absolute Gasteiger partial charge is 0.352 e. The Morgan fingerprint density at radius 1 is 1.42 bits per heavy atom. The molecule has 1 aromatic carbocycles. The summed E-state index contributed by atoms with van der Waals surface area (Å²) in [6.07, 6.45) is 0.936. The van der Waals surface area contributed by atoms with Gasteiger partial charge in [-0.25, -0.2) is 0 Å². The van der Waals surface area contributed by atoms with Crippen LogP contribution in [0, 0.1) is 11.8 Å². The van der Waals surface area contributed by atoms with E-state index in [0.29, 0.717) is 18.7 Å². The van der Waals surface area contributed by atoms with Gasteiger partial charge in [-0.3, -0.25) is 4.79 Å². The SMILES string of the molecule is CN(C)CCCNC(=O)c1cccc(C#CCN)c1. The molecule has 1 rings (SSSR count). The molecule has 4 nitrogen and oxygen atoms in total. The Labute approximate surface area is 115 Å². The van der Waals surface area contributed by atoms with Crippen LogP contribution < -0.4 is 11.1 Å². The number of carbonyl (C=O) groups excluding carboxylic acids is 1. The van der Waals surface area contributed by atoms with Crippen molar-refractivity contribution in [3.8, 4) is 11.8 Å². The minimum absolute atomic E-state index is 0.0600. The standard InChI is InChI=1S/C15H21N3O/c1-18(2)11-5-10-17-15(19)14-8-3-6-13(12-14)7-4-9-16/h3,6,8,12H,5,9-11,16H2,1-2H3,(H,17,19). The molecule has 19 heavy (non-hydrogen) atoms. The van der Waals surface area contributed by atoms with Crippen molar-refractivity contribution in [1.29, 1.82) is 0 Å². The van der Waals surface area contributed by atoms with Crippen LogP contribution in [0.5, 0.6) is 0 Å². The number of rotatable bonds is 5. The Hall–Kier alpha value is -1.83. The lowest BCUT2D eigenvalue weighted by molar-refractivity contribution is 0.0952. The highest BCUT2D eigenvalue weighted by molar-refractivity contribution is 5.94. The lowest BCUT2D eigenvalue weighted by Crippen LogP contribution is -2.27. The molecule has 0 saturated carbocycles. The zero-order chi connectivity index (χ0) is 14.1. The number of hydrogen-bond acceptors (Lipinski definition) is 3. The van der Waals surface area contributed by atoms with Crippen molar-refractivity contribution in [1.82, 2.24) is 10.2 Å². The number of nitrogens with zero attached hydrogens (tertiary/aromatic N) is 1. The van der Waals surface area contributed by atoms with Gasteiger partial charge in [0.2, 0.25) is 0 Å². The summed E-state index contributed by atoms with van der Waals surface area (Å²) in [5.41, 5.74) is 6.77. The average Bonchev–Trinajstić information content (AvgIpc) is 2.41. The summed E-state index contributed by atoms with van der Waals surface area (Å²) in [6.45, 7) is 1.96. The zero-order valence-corrected chi connectivity index (χ0v) is 11.6. The van der Waals surface area contributed by atoms with Crippen LogP contribution in [0.4, 0.5) is 0 Å². The predicted octanol–water partition coefficient (Wildman–Crippen LogP) is 0.678. The molecule has 0 fully saturated rings. The smallest absolute Gasteiger partial charge is 0.251 e. The first kappa shape index (κ1) is 15.2. The van der Waals surface area contributed by atoms with Crippen molar-refractivity contribution in [2.45, 2.75) is 6.42 Å². The lowest BCUT2D eigenvalue weighted by atomic mass is 10.1. The number of amides is 1. The van der Waals surface area contributed by atoms with E-state index in [9.17, 15) is 4.79 Å². The first-order valence-electron chi connectivity index (χ1n) is 6.35. The van der Waals surface area contributed by atoms with Gasteiger partial charge in [0.25, 0.3) is 5.91 Å². The number of nitrogens with two attached hydrogens (primary N) is 1. The zero-order valence-electron chi connectivity index (χ0n) is 11.6. The molecule has 0 radical (unpaired) electrons. The van der Waals surface area contributed by atoms with Crippen LogP contribution in [0.2, 0.25) is 0 Å². The maximum absolute atomic E-state index is 11.9. The van der Waals surface area contributed by atoms with E-state index in [-0.39, 0.29) is 5.91 Å². The van der Waals surface area contributed by atoms with E-state index < -0.39 is 0 Å². The van der Waals surface area contributed by atoms with E-state index in [1.807, 2.05) is 26.2 Å². The minimum Gasteiger partial charge on any atom is -0.352 e. The second kappa shape index (κ2) is 8.30. The van der Waals surface area contributed by atoms with E-state index in [1.165, 1.54) is 0 Å². The molecule has 0 aliphatic carbocycles. The molecular formula is C15H21N3O. The maximum atomic E-state index is 11.9. The van der Waals surface area contributed by atoms with Crippen LogP contribution in [0.15, 0.2) is 24.3 Å². The summed E-state index contributed by atoms with van der Waals surface area (Å²) in [7, 11) is 4.03. The van der Waals surface area contributed by atoms with Crippen molar-refractivity contribution in [3.05, 3.63) is 35.4 Å². The van der Waals surface area contributed by atoms with E-state index in [0.717, 1.165) is 18.5 Å². The van der Waals surface area contributed by atoms with E-state index in [1.54, 1.807) is 12.1 Å². The van der Waals surface area contributed by atoms with Gasteiger partial charge in [-0.1, -0.05) is 17.9 Å². The predicted molar refractivity (Wildman–Crippen MR) is 77.9 cm³/mol. The Morgan fingerprint density at radius 3 is 2.89 bits per heavy atom. The molecule has 0 bridgehead atoms. The molecule has 1 amide bonds. The summed E-state index contributed by atoms with van der Waals surface area (Å²) in [5.74, 6) is 5.64. The van der Waals surface area contributed by atoms with Gasteiger partial charge in [0.05, 0.1) is 6.54 Å². The van der Waals surface area contributed by atoms with Crippen molar-refractivity contribution in [2.24, 2.45) is 5.73 Å². The molecular weight excluding hydrogens is 238 g/mol. The summed E-state index contributed by atoms with van der Waals surface area (Å²) < 4.78 is 0. The molecule has 0 aliphatic heterocycles. The molecule has 0 heterocycles. The average molecular weight is 259 g/mol. The molecule has 4 heteroatoms. The van der Waals surface area contributed by atoms with Crippen molar-refractivity contribution >= 4 is 5.91 Å². The number of carbonyl (C=O) groups is 1. The second-order valence-corrected chi connectivity index (χ2v) is 4.50. The van der Waals surface area contributed by atoms with Crippen LogP contribution in [0.1, 0.15) is 22.3 Å². The van der Waals surface area contributed by atoms with Gasteiger partial charge >= 0.3 is 0 Å². The number of hydrogen-bond donors (Lipinski definition) is 2. The number of benzene rings is 1. The summed E-state index contributed by atoms with van der Waals surface area (Å²) in [4.78, 5) is 14.0. The second-order valence-electron chi connectivity index (χ2n) is 4.50. The summed E-state index contributed by atoms with van der Waals surface area (Å²) >= 11 is 0. The number of nitrogens with one attached hydrogen (secondary N) is 1. The molecule has 0 saturated heterocycles. The Balaban J connectivity index is 2.52. The fourth-order valence-electron chi connectivity index (χ4n) is 1.59. The molecule has 1 aromatic rings. The van der Waals surface area contributed by atoms with Gasteiger partial charge in [-0.05, 0) is 45.3 Å². The minimum atomic E-state index is -0.0600. The third-order valence-electron chi connectivity index (χ3n) is 2.53. The Bertz CT molecular complexity index is 472. The van der Waals surface area contributed by atoms with Gasteiger partial charge < -0.3 is 16.0 Å². The topological polar surface area (TPSA) is 58.4 Å². The van der Waals surface area contributed by atoms with E-state index in [2.05, 4.69) is 22.1 Å². The van der Waals surface area contributed by atoms with Crippen LogP contribution in [0.3, 0.4) is 0 Å². The van der Waals surface area contributed by atoms with Crippen molar-refractivity contribution in [2.75, 3.05) is 33.7 Å². The lowest BCUT2D eigenvalue weighted by Gasteiger charge is -2.10. The first-order chi connectivity index (χ1) is 9.13. The van der Waals surface area contributed by atoms with Crippen molar-refractivity contribution < 1.29 is 4.79 Å². The molecule has 0 atom stereocenters. The van der Waals surface area contributed by atoms with Crippen LogP contribution in [0.25, 0.3) is 0 Å². The van der Waals surface area contributed by atoms with Gasteiger partial charge in [0.1, 0.15) is 0 Å². The first-order valence-corrected chi connectivity index (χ1v) is 6.35. The maximum Gasteiger partial charge on any atom is 0.251 e. The van der Waals surface area contributed by atoms with Gasteiger partial charge in [-0.15, -0.1) is 0 Å². The highest BCUT2D eigenvalue weighted by Gasteiger charge is 2.04. The summed E-state index contributed by atoms with van der Waals surface area (Å²) in [6, 6.07) is 7.26. The van der Waals surface area contributed by atoms with Crippen LogP contribution in [-0.2, 0) is 0 Å². The third kappa shape index (κ3) is 6.05. The molecule has 3 N–H and O–H groups in total. The van der Waals surface area contributed by atoms with Gasteiger partial charge in [0.15, 0.2) is 0 Å². The van der Waals surface area contributed by atoms with E-state index >= 15 is 0 Å². The van der Waals surface area contributed by atoms with Gasteiger partial charge in [0, 0.05) is 17.7 Å². The molecule has 0 aliphatic rings.